The second-order valence-electron chi connectivity index (χ2n) is 4.85. The van der Waals surface area contributed by atoms with E-state index in [1.54, 1.807) is 30.3 Å². The lowest BCUT2D eigenvalue weighted by Crippen LogP contribution is -2.23. The van der Waals surface area contributed by atoms with Crippen LogP contribution in [0.3, 0.4) is 0 Å². The van der Waals surface area contributed by atoms with Gasteiger partial charge in [-0.2, -0.15) is 5.26 Å². The molecule has 0 amide bonds. The fourth-order valence-electron chi connectivity index (χ4n) is 1.97. The van der Waals surface area contributed by atoms with Crippen molar-refractivity contribution in [3.05, 3.63) is 65.5 Å². The van der Waals surface area contributed by atoms with Gasteiger partial charge >= 0.3 is 0 Å². The van der Waals surface area contributed by atoms with E-state index in [2.05, 4.69) is 11.0 Å². The van der Waals surface area contributed by atoms with Gasteiger partial charge in [0.25, 0.3) is 0 Å². The molecule has 108 valence electrons. The summed E-state index contributed by atoms with van der Waals surface area (Å²) in [5.41, 5.74) is 1.56. The first-order chi connectivity index (χ1) is 10.2. The lowest BCUT2D eigenvalue weighted by molar-refractivity contribution is 0.232. The van der Waals surface area contributed by atoms with Crippen LogP contribution in [-0.4, -0.2) is 25.1 Å². The minimum Gasteiger partial charge on any atom is -0.492 e. The molecule has 4 heteroatoms. The first kappa shape index (κ1) is 15.0. The molecule has 0 aliphatic heterocycles. The number of halogens is 1. The second kappa shape index (κ2) is 7.41. The fraction of sp³-hybridized carbons (Fsp3) is 0.235. The Hall–Kier alpha value is -2.38. The highest BCUT2D eigenvalue weighted by Gasteiger charge is 2.02. The highest BCUT2D eigenvalue weighted by molar-refractivity contribution is 5.34. The molecule has 0 spiro atoms. The Kier molecular flexibility index (Phi) is 5.30. The first-order valence-corrected chi connectivity index (χ1v) is 6.73. The summed E-state index contributed by atoms with van der Waals surface area (Å²) in [4.78, 5) is 2.07. The van der Waals surface area contributed by atoms with Crippen LogP contribution in [0.5, 0.6) is 5.75 Å². The van der Waals surface area contributed by atoms with Gasteiger partial charge in [0.15, 0.2) is 0 Å². The smallest absolute Gasteiger partial charge is 0.123 e. The zero-order valence-electron chi connectivity index (χ0n) is 11.9. The normalized spacial score (nSPS) is 10.4. The molecule has 0 aliphatic rings. The first-order valence-electron chi connectivity index (χ1n) is 6.73. The number of hydrogen-bond donors (Lipinski definition) is 0. The summed E-state index contributed by atoms with van der Waals surface area (Å²) in [6, 6.07) is 15.7. The molecule has 0 saturated carbocycles. The molecule has 0 heterocycles. The molecule has 0 unspecified atom stereocenters. The molecule has 0 atom stereocenters. The fourth-order valence-corrected chi connectivity index (χ4v) is 1.97. The highest BCUT2D eigenvalue weighted by Crippen LogP contribution is 2.11. The van der Waals surface area contributed by atoms with E-state index < -0.39 is 0 Å². The molecular formula is C17H17FN2O. The van der Waals surface area contributed by atoms with E-state index in [4.69, 9.17) is 10.00 Å². The van der Waals surface area contributed by atoms with Crippen LogP contribution in [0, 0.1) is 17.1 Å². The van der Waals surface area contributed by atoms with E-state index in [1.807, 2.05) is 13.1 Å². The van der Waals surface area contributed by atoms with Gasteiger partial charge in [-0.3, -0.25) is 4.90 Å². The van der Waals surface area contributed by atoms with Gasteiger partial charge < -0.3 is 4.74 Å². The van der Waals surface area contributed by atoms with Gasteiger partial charge in [0.05, 0.1) is 11.6 Å². The molecule has 3 nitrogen and oxygen atoms in total. The van der Waals surface area contributed by atoms with Crippen molar-refractivity contribution in [1.82, 2.24) is 4.90 Å². The molecule has 0 bridgehead atoms. The SMILES string of the molecule is CN(CCOc1ccc(C#N)cc1)Cc1cccc(F)c1. The van der Waals surface area contributed by atoms with Crippen molar-refractivity contribution in [2.24, 2.45) is 0 Å². The number of ether oxygens (including phenoxy) is 1. The molecule has 0 radical (unpaired) electrons. The summed E-state index contributed by atoms with van der Waals surface area (Å²) in [7, 11) is 1.97. The van der Waals surface area contributed by atoms with Gasteiger partial charge in [-0.25, -0.2) is 4.39 Å². The van der Waals surface area contributed by atoms with E-state index in [1.165, 1.54) is 12.1 Å². The Morgan fingerprint density at radius 1 is 1.19 bits per heavy atom. The molecule has 2 rings (SSSR count). The molecule has 2 aromatic rings. The topological polar surface area (TPSA) is 36.3 Å². The van der Waals surface area contributed by atoms with Crippen LogP contribution < -0.4 is 4.74 Å². The predicted molar refractivity (Wildman–Crippen MR) is 79.4 cm³/mol. The lowest BCUT2D eigenvalue weighted by atomic mass is 10.2. The van der Waals surface area contributed by atoms with E-state index in [-0.39, 0.29) is 5.82 Å². The zero-order chi connectivity index (χ0) is 15.1. The van der Waals surface area contributed by atoms with Crippen molar-refractivity contribution < 1.29 is 9.13 Å². The average molecular weight is 284 g/mol. The zero-order valence-corrected chi connectivity index (χ0v) is 11.9. The van der Waals surface area contributed by atoms with Crippen molar-refractivity contribution in [3.63, 3.8) is 0 Å². The van der Waals surface area contributed by atoms with Gasteiger partial charge in [-0.05, 0) is 49.0 Å². The summed E-state index contributed by atoms with van der Waals surface area (Å²) < 4.78 is 18.7. The Morgan fingerprint density at radius 2 is 1.95 bits per heavy atom. The van der Waals surface area contributed by atoms with Crippen LogP contribution in [0.25, 0.3) is 0 Å². The molecule has 0 aromatic heterocycles. The van der Waals surface area contributed by atoms with Gasteiger partial charge in [0, 0.05) is 13.1 Å². The van der Waals surface area contributed by atoms with E-state index >= 15 is 0 Å². The Bertz CT molecular complexity index is 619. The molecular weight excluding hydrogens is 267 g/mol. The van der Waals surface area contributed by atoms with Gasteiger partial charge in [-0.1, -0.05) is 12.1 Å². The number of hydrogen-bond acceptors (Lipinski definition) is 3. The summed E-state index contributed by atoms with van der Waals surface area (Å²) in [6.45, 7) is 1.95. The van der Waals surface area contributed by atoms with E-state index in [9.17, 15) is 4.39 Å². The third kappa shape index (κ3) is 4.90. The number of likely N-dealkylation sites (N-methyl/N-ethyl adjacent to an activating group) is 1. The van der Waals surface area contributed by atoms with Crippen molar-refractivity contribution >= 4 is 0 Å². The van der Waals surface area contributed by atoms with Crippen LogP contribution in [-0.2, 0) is 6.54 Å². The number of rotatable bonds is 6. The summed E-state index contributed by atoms with van der Waals surface area (Å²) in [5.74, 6) is 0.530. The highest BCUT2D eigenvalue weighted by atomic mass is 19.1. The predicted octanol–water partition coefficient (Wildman–Crippen LogP) is 3.21. The second-order valence-corrected chi connectivity index (χ2v) is 4.85. The van der Waals surface area contributed by atoms with Gasteiger partial charge in [0.2, 0.25) is 0 Å². The Balaban J connectivity index is 1.76. The van der Waals surface area contributed by atoms with Crippen LogP contribution in [0.1, 0.15) is 11.1 Å². The van der Waals surface area contributed by atoms with Crippen LogP contribution in [0.4, 0.5) is 4.39 Å². The number of benzene rings is 2. The standard InChI is InChI=1S/C17H17FN2O/c1-20(13-15-3-2-4-16(18)11-15)9-10-21-17-7-5-14(12-19)6-8-17/h2-8,11H,9-10,13H2,1H3. The minimum absolute atomic E-state index is 0.213. The van der Waals surface area contributed by atoms with Gasteiger partial charge in [0.1, 0.15) is 18.2 Å². The third-order valence-corrected chi connectivity index (χ3v) is 3.07. The monoisotopic (exact) mass is 284 g/mol. The van der Waals surface area contributed by atoms with Crippen LogP contribution in [0.2, 0.25) is 0 Å². The molecule has 2 aromatic carbocycles. The third-order valence-electron chi connectivity index (χ3n) is 3.07. The number of nitrogens with zero attached hydrogens (tertiary/aromatic N) is 2. The molecule has 21 heavy (non-hydrogen) atoms. The maximum absolute atomic E-state index is 13.1. The molecule has 0 saturated heterocycles. The molecule has 0 fully saturated rings. The maximum atomic E-state index is 13.1. The minimum atomic E-state index is -0.213. The van der Waals surface area contributed by atoms with Crippen LogP contribution >= 0.6 is 0 Å². The quantitative estimate of drug-likeness (QED) is 0.817. The Labute approximate surface area is 124 Å². The van der Waals surface area contributed by atoms with Gasteiger partial charge in [-0.15, -0.1) is 0 Å². The molecule has 0 N–H and O–H groups in total. The lowest BCUT2D eigenvalue weighted by Gasteiger charge is -2.17. The van der Waals surface area contributed by atoms with Crippen molar-refractivity contribution in [2.75, 3.05) is 20.2 Å². The molecule has 0 aliphatic carbocycles. The summed E-state index contributed by atoms with van der Waals surface area (Å²) in [5, 5.41) is 8.71. The summed E-state index contributed by atoms with van der Waals surface area (Å²) in [6.07, 6.45) is 0. The van der Waals surface area contributed by atoms with E-state index in [0.717, 1.165) is 17.9 Å². The maximum Gasteiger partial charge on any atom is 0.123 e. The van der Waals surface area contributed by atoms with Crippen molar-refractivity contribution in [2.45, 2.75) is 6.54 Å². The Morgan fingerprint density at radius 3 is 2.62 bits per heavy atom. The average Bonchev–Trinajstić information content (AvgIpc) is 2.48. The number of nitriles is 1. The van der Waals surface area contributed by atoms with Crippen molar-refractivity contribution in [3.8, 4) is 11.8 Å². The van der Waals surface area contributed by atoms with E-state index in [0.29, 0.717) is 18.7 Å². The van der Waals surface area contributed by atoms with Crippen LogP contribution in [0.15, 0.2) is 48.5 Å². The van der Waals surface area contributed by atoms with Crippen molar-refractivity contribution in [1.29, 1.82) is 5.26 Å². The largest absolute Gasteiger partial charge is 0.492 e. The summed E-state index contributed by atoms with van der Waals surface area (Å²) >= 11 is 0.